The molecule has 1 aliphatic carbocycles. The molecule has 2 atom stereocenters. The van der Waals surface area contributed by atoms with E-state index in [9.17, 15) is 9.90 Å². The maximum Gasteiger partial charge on any atom is 0.253 e. The molecule has 1 fully saturated rings. The first kappa shape index (κ1) is 14.2. The standard InChI is InChI=1S/C14H19ClN2O2/c1-17(12-4-2-3-10(12)8-16)14(19)9-5-6-13(18)11(15)7-9/h5-7,10,12,18H,2-4,8,16H2,1H3. The normalized spacial score (nSPS) is 22.5. The summed E-state index contributed by atoms with van der Waals surface area (Å²) in [5.74, 6) is 0.287. The molecule has 4 nitrogen and oxygen atoms in total. The number of halogens is 1. The van der Waals surface area contributed by atoms with Crippen LogP contribution in [0.1, 0.15) is 29.6 Å². The minimum absolute atomic E-state index is 0.0124. The van der Waals surface area contributed by atoms with Crippen molar-refractivity contribution >= 4 is 17.5 Å². The number of carbonyl (C=O) groups is 1. The fraction of sp³-hybridized carbons (Fsp3) is 0.500. The lowest BCUT2D eigenvalue weighted by molar-refractivity contribution is 0.0700. The highest BCUT2D eigenvalue weighted by Crippen LogP contribution is 2.30. The number of phenolic OH excluding ortho intramolecular Hbond substituents is 1. The molecule has 0 bridgehead atoms. The second-order valence-electron chi connectivity index (χ2n) is 5.08. The van der Waals surface area contributed by atoms with Crippen molar-refractivity contribution in [2.45, 2.75) is 25.3 Å². The Hall–Kier alpha value is -1.26. The monoisotopic (exact) mass is 282 g/mol. The zero-order chi connectivity index (χ0) is 14.0. The molecule has 1 aromatic carbocycles. The Morgan fingerprint density at radius 1 is 1.53 bits per heavy atom. The third-order valence-electron chi connectivity index (χ3n) is 3.93. The zero-order valence-electron chi connectivity index (χ0n) is 11.0. The quantitative estimate of drug-likeness (QED) is 0.893. The van der Waals surface area contributed by atoms with Crippen LogP contribution >= 0.6 is 11.6 Å². The number of carbonyl (C=O) groups excluding carboxylic acids is 1. The van der Waals surface area contributed by atoms with E-state index >= 15 is 0 Å². The molecule has 0 radical (unpaired) electrons. The van der Waals surface area contributed by atoms with Crippen LogP contribution in [-0.4, -0.2) is 35.5 Å². The Balaban J connectivity index is 2.16. The number of rotatable bonds is 3. The van der Waals surface area contributed by atoms with Crippen molar-refractivity contribution in [3.05, 3.63) is 28.8 Å². The fourth-order valence-electron chi connectivity index (χ4n) is 2.80. The van der Waals surface area contributed by atoms with Gasteiger partial charge in [0.2, 0.25) is 0 Å². The maximum absolute atomic E-state index is 12.4. The molecule has 19 heavy (non-hydrogen) atoms. The van der Waals surface area contributed by atoms with Gasteiger partial charge in [0.15, 0.2) is 0 Å². The van der Waals surface area contributed by atoms with E-state index in [0.717, 1.165) is 19.3 Å². The van der Waals surface area contributed by atoms with E-state index in [1.54, 1.807) is 11.0 Å². The Morgan fingerprint density at radius 2 is 2.26 bits per heavy atom. The smallest absolute Gasteiger partial charge is 0.253 e. The van der Waals surface area contributed by atoms with E-state index < -0.39 is 0 Å². The first-order chi connectivity index (χ1) is 9.04. The SMILES string of the molecule is CN(C(=O)c1ccc(O)c(Cl)c1)C1CCCC1CN. The minimum atomic E-state index is -0.0766. The number of aromatic hydroxyl groups is 1. The summed E-state index contributed by atoms with van der Waals surface area (Å²) in [6.07, 6.45) is 3.19. The Labute approximate surface area is 118 Å². The van der Waals surface area contributed by atoms with Crippen LogP contribution in [0.25, 0.3) is 0 Å². The zero-order valence-corrected chi connectivity index (χ0v) is 11.7. The van der Waals surface area contributed by atoms with E-state index in [1.807, 2.05) is 7.05 Å². The predicted molar refractivity (Wildman–Crippen MR) is 75.4 cm³/mol. The Kier molecular flexibility index (Phi) is 4.32. The second-order valence-corrected chi connectivity index (χ2v) is 5.48. The van der Waals surface area contributed by atoms with Gasteiger partial charge in [-0.3, -0.25) is 4.79 Å². The molecule has 3 N–H and O–H groups in total. The summed E-state index contributed by atoms with van der Waals surface area (Å²) in [7, 11) is 1.81. The van der Waals surface area contributed by atoms with Crippen LogP contribution < -0.4 is 5.73 Å². The molecule has 2 unspecified atom stereocenters. The summed E-state index contributed by atoms with van der Waals surface area (Å²) in [6.45, 7) is 0.610. The summed E-state index contributed by atoms with van der Waals surface area (Å²) >= 11 is 5.84. The molecule has 104 valence electrons. The van der Waals surface area contributed by atoms with Gasteiger partial charge < -0.3 is 15.7 Å². The Bertz CT molecular complexity index is 479. The summed E-state index contributed by atoms with van der Waals surface area (Å²) < 4.78 is 0. The number of nitrogens with zero attached hydrogens (tertiary/aromatic N) is 1. The lowest BCUT2D eigenvalue weighted by atomic mass is 10.0. The van der Waals surface area contributed by atoms with Crippen LogP contribution in [0.15, 0.2) is 18.2 Å². The molecule has 5 heteroatoms. The third kappa shape index (κ3) is 2.85. The van der Waals surface area contributed by atoms with Crippen molar-refractivity contribution in [3.8, 4) is 5.75 Å². The summed E-state index contributed by atoms with van der Waals surface area (Å²) in [4.78, 5) is 14.2. The highest BCUT2D eigenvalue weighted by molar-refractivity contribution is 6.32. The molecule has 1 aliphatic rings. The Morgan fingerprint density at radius 3 is 2.89 bits per heavy atom. The first-order valence-electron chi connectivity index (χ1n) is 6.50. The minimum Gasteiger partial charge on any atom is -0.506 e. The van der Waals surface area contributed by atoms with Crippen molar-refractivity contribution in [1.82, 2.24) is 4.90 Å². The summed E-state index contributed by atoms with van der Waals surface area (Å²) in [5, 5.41) is 9.58. The maximum atomic E-state index is 12.4. The number of phenols is 1. The molecule has 0 aromatic heterocycles. The topological polar surface area (TPSA) is 66.6 Å². The highest BCUT2D eigenvalue weighted by atomic mass is 35.5. The van der Waals surface area contributed by atoms with Gasteiger partial charge in [-0.2, -0.15) is 0 Å². The lowest BCUT2D eigenvalue weighted by Gasteiger charge is -2.29. The van der Waals surface area contributed by atoms with Crippen molar-refractivity contribution in [2.24, 2.45) is 11.7 Å². The molecule has 2 rings (SSSR count). The van der Waals surface area contributed by atoms with Gasteiger partial charge in [0.1, 0.15) is 5.75 Å². The van der Waals surface area contributed by atoms with E-state index in [1.165, 1.54) is 12.1 Å². The van der Waals surface area contributed by atoms with E-state index in [4.69, 9.17) is 17.3 Å². The molecule has 0 aliphatic heterocycles. The third-order valence-corrected chi connectivity index (χ3v) is 4.24. The van der Waals surface area contributed by atoms with Crippen molar-refractivity contribution in [3.63, 3.8) is 0 Å². The van der Waals surface area contributed by atoms with Crippen LogP contribution in [0, 0.1) is 5.92 Å². The van der Waals surface area contributed by atoms with Crippen molar-refractivity contribution in [1.29, 1.82) is 0 Å². The van der Waals surface area contributed by atoms with Gasteiger partial charge in [0.25, 0.3) is 5.91 Å². The highest BCUT2D eigenvalue weighted by Gasteiger charge is 2.32. The van der Waals surface area contributed by atoms with Gasteiger partial charge in [-0.1, -0.05) is 18.0 Å². The fourth-order valence-corrected chi connectivity index (χ4v) is 2.98. The lowest BCUT2D eigenvalue weighted by Crippen LogP contribution is -2.41. The van der Waals surface area contributed by atoms with Gasteiger partial charge in [0.05, 0.1) is 5.02 Å². The number of hydrogen-bond donors (Lipinski definition) is 2. The number of amides is 1. The molecule has 0 heterocycles. The van der Waals surface area contributed by atoms with Crippen molar-refractivity contribution in [2.75, 3.05) is 13.6 Å². The van der Waals surface area contributed by atoms with Gasteiger partial charge in [-0.25, -0.2) is 0 Å². The van der Waals surface area contributed by atoms with Gasteiger partial charge in [-0.15, -0.1) is 0 Å². The average Bonchev–Trinajstić information content (AvgIpc) is 2.88. The summed E-state index contributed by atoms with van der Waals surface area (Å²) in [6, 6.07) is 4.73. The molecule has 1 amide bonds. The molecule has 0 spiro atoms. The van der Waals surface area contributed by atoms with Gasteiger partial charge in [0, 0.05) is 18.7 Å². The molecular formula is C14H19ClN2O2. The van der Waals surface area contributed by atoms with Gasteiger partial charge in [-0.05, 0) is 43.5 Å². The van der Waals surface area contributed by atoms with Crippen LogP contribution in [0.5, 0.6) is 5.75 Å². The van der Waals surface area contributed by atoms with Crippen LogP contribution in [0.2, 0.25) is 5.02 Å². The molecule has 1 aromatic rings. The van der Waals surface area contributed by atoms with Crippen LogP contribution in [-0.2, 0) is 0 Å². The predicted octanol–water partition coefficient (Wildman–Crippen LogP) is 2.24. The number of benzene rings is 1. The van der Waals surface area contributed by atoms with Crippen molar-refractivity contribution < 1.29 is 9.90 Å². The molecule has 0 saturated heterocycles. The van der Waals surface area contributed by atoms with Gasteiger partial charge >= 0.3 is 0 Å². The number of nitrogens with two attached hydrogens (primary N) is 1. The van der Waals surface area contributed by atoms with E-state index in [0.29, 0.717) is 18.0 Å². The van der Waals surface area contributed by atoms with E-state index in [2.05, 4.69) is 0 Å². The van der Waals surface area contributed by atoms with Crippen LogP contribution in [0.4, 0.5) is 0 Å². The largest absolute Gasteiger partial charge is 0.506 e. The average molecular weight is 283 g/mol. The van der Waals surface area contributed by atoms with E-state index in [-0.39, 0.29) is 22.7 Å². The first-order valence-corrected chi connectivity index (χ1v) is 6.88. The van der Waals surface area contributed by atoms with Crippen LogP contribution in [0.3, 0.4) is 0 Å². The molecular weight excluding hydrogens is 264 g/mol. The molecule has 1 saturated carbocycles. The second kappa shape index (κ2) is 5.80. The number of hydrogen-bond acceptors (Lipinski definition) is 3. The summed E-state index contributed by atoms with van der Waals surface area (Å²) in [5.41, 5.74) is 6.25.